The number of sulfone groups is 1. The van der Waals surface area contributed by atoms with Crippen molar-refractivity contribution in [2.45, 2.75) is 57.3 Å². The van der Waals surface area contributed by atoms with Gasteiger partial charge in [-0.15, -0.1) is 0 Å². The highest BCUT2D eigenvalue weighted by Crippen LogP contribution is 2.58. The third kappa shape index (κ3) is 5.01. The maximum absolute atomic E-state index is 13.2. The zero-order valence-corrected chi connectivity index (χ0v) is 19.9. The van der Waals surface area contributed by atoms with E-state index in [0.29, 0.717) is 30.7 Å². The molecule has 3 aliphatic rings. The van der Waals surface area contributed by atoms with Crippen LogP contribution in [0.2, 0.25) is 0 Å². The third-order valence-electron chi connectivity index (χ3n) is 7.43. The van der Waals surface area contributed by atoms with Crippen LogP contribution in [-0.2, 0) is 14.6 Å². The molecule has 0 radical (unpaired) electrons. The highest BCUT2D eigenvalue weighted by atomic mass is 32.2. The molecule has 0 heterocycles. The van der Waals surface area contributed by atoms with Gasteiger partial charge in [-0.05, 0) is 82.1 Å². The number of ether oxygens (including phenoxy) is 1. The number of nitrogens with zero attached hydrogens (tertiary/aromatic N) is 1. The molecule has 6 nitrogen and oxygen atoms in total. The largest absolute Gasteiger partial charge is 0.489 e. The van der Waals surface area contributed by atoms with E-state index in [1.165, 1.54) is 0 Å². The lowest BCUT2D eigenvalue weighted by Crippen LogP contribution is -2.52. The van der Waals surface area contributed by atoms with Crippen LogP contribution >= 0.6 is 0 Å². The molecule has 0 aliphatic heterocycles. The summed E-state index contributed by atoms with van der Waals surface area (Å²) in [6.45, 7) is 5.53. The molecule has 2 N–H and O–H groups in total. The number of carbonyl (C=O) groups is 1. The predicted molar refractivity (Wildman–Crippen MR) is 123 cm³/mol. The van der Waals surface area contributed by atoms with Crippen LogP contribution in [0.25, 0.3) is 0 Å². The first-order valence-corrected chi connectivity index (χ1v) is 13.1. The first-order valence-electron chi connectivity index (χ1n) is 11.5. The van der Waals surface area contributed by atoms with Gasteiger partial charge in [-0.3, -0.25) is 4.79 Å². The van der Waals surface area contributed by atoms with E-state index < -0.39 is 9.84 Å². The number of benzene rings is 1. The summed E-state index contributed by atoms with van der Waals surface area (Å²) in [6, 6.07) is 6.27. The number of halogens is 1. The van der Waals surface area contributed by atoms with Gasteiger partial charge in [0.25, 0.3) is 0 Å². The fourth-order valence-electron chi connectivity index (χ4n) is 5.19. The van der Waals surface area contributed by atoms with Crippen LogP contribution in [0.1, 0.15) is 52.4 Å². The zero-order chi connectivity index (χ0) is 23.4. The lowest BCUT2D eigenvalue weighted by Gasteiger charge is -2.53. The van der Waals surface area contributed by atoms with Gasteiger partial charge in [0, 0.05) is 30.6 Å². The van der Waals surface area contributed by atoms with Crippen molar-refractivity contribution >= 4 is 15.7 Å². The van der Waals surface area contributed by atoms with Crippen molar-refractivity contribution in [1.29, 1.82) is 0 Å². The van der Waals surface area contributed by atoms with Crippen LogP contribution in [0.3, 0.4) is 0 Å². The van der Waals surface area contributed by atoms with Gasteiger partial charge in [0.05, 0.1) is 17.0 Å². The lowest BCUT2D eigenvalue weighted by atomic mass is 9.54. The Morgan fingerprint density at radius 3 is 2.12 bits per heavy atom. The molecule has 1 amide bonds. The van der Waals surface area contributed by atoms with Crippen molar-refractivity contribution in [3.63, 3.8) is 0 Å². The average Bonchev–Trinajstić information content (AvgIpc) is 2.81. The number of carbonyl (C=O) groups excluding carboxylic acids is 1. The normalized spacial score (nSPS) is 25.6. The van der Waals surface area contributed by atoms with E-state index in [-0.39, 0.29) is 40.5 Å². The van der Waals surface area contributed by atoms with Gasteiger partial charge in [-0.2, -0.15) is 0 Å². The van der Waals surface area contributed by atoms with Crippen molar-refractivity contribution in [1.82, 2.24) is 4.90 Å². The maximum Gasteiger partial charge on any atom is 0.228 e. The molecule has 3 aliphatic carbocycles. The summed E-state index contributed by atoms with van der Waals surface area (Å²) in [5.74, 6) is 0.817. The number of hydrogen-bond acceptors (Lipinski definition) is 5. The smallest absolute Gasteiger partial charge is 0.228 e. The Balaban J connectivity index is 1.65. The summed E-state index contributed by atoms with van der Waals surface area (Å²) < 4.78 is 44.4. The second kappa shape index (κ2) is 9.91. The van der Waals surface area contributed by atoms with Gasteiger partial charge in [0.2, 0.25) is 5.91 Å². The molecule has 32 heavy (non-hydrogen) atoms. The summed E-state index contributed by atoms with van der Waals surface area (Å²) in [6.07, 6.45) is 5.08. The molecular formula is C24H35FN2O4S. The second-order valence-electron chi connectivity index (χ2n) is 9.25. The zero-order valence-electron chi connectivity index (χ0n) is 19.1. The molecular weight excluding hydrogens is 431 g/mol. The minimum Gasteiger partial charge on any atom is -0.489 e. The molecule has 4 rings (SSSR count). The summed E-state index contributed by atoms with van der Waals surface area (Å²) in [5.41, 5.74) is 5.19. The van der Waals surface area contributed by atoms with Gasteiger partial charge >= 0.3 is 0 Å². The Kier molecular flexibility index (Phi) is 7.65. The average molecular weight is 467 g/mol. The van der Waals surface area contributed by atoms with E-state index in [9.17, 15) is 17.6 Å². The second-order valence-corrected chi connectivity index (χ2v) is 11.2. The molecule has 0 atom stereocenters. The fraction of sp³-hybridized carbons (Fsp3) is 0.625. The Morgan fingerprint density at radius 1 is 1.09 bits per heavy atom. The van der Waals surface area contributed by atoms with Crippen LogP contribution in [0.15, 0.2) is 41.1 Å². The minimum atomic E-state index is -3.47. The topological polar surface area (TPSA) is 89.7 Å². The van der Waals surface area contributed by atoms with Gasteiger partial charge in [0.1, 0.15) is 12.4 Å². The molecule has 2 bridgehead atoms. The van der Waals surface area contributed by atoms with Gasteiger partial charge in [-0.25, -0.2) is 12.8 Å². The van der Waals surface area contributed by atoms with Crippen molar-refractivity contribution < 1.29 is 22.3 Å². The minimum absolute atomic E-state index is 0.0240. The molecule has 0 aromatic heterocycles. The summed E-state index contributed by atoms with van der Waals surface area (Å²) in [7, 11) is -3.47. The van der Waals surface area contributed by atoms with Crippen LogP contribution < -0.4 is 10.5 Å². The Labute approximate surface area is 190 Å². The number of nitrogens with two attached hydrogens (primary N) is 1. The number of fused-ring (bicyclic) bond motifs is 3. The Bertz CT molecular complexity index is 915. The molecule has 0 spiro atoms. The molecule has 3 fully saturated rings. The van der Waals surface area contributed by atoms with Crippen molar-refractivity contribution in [2.24, 2.45) is 16.6 Å². The van der Waals surface area contributed by atoms with Gasteiger partial charge in [-0.1, -0.05) is 0 Å². The van der Waals surface area contributed by atoms with Crippen LogP contribution in [0.5, 0.6) is 5.75 Å². The molecule has 0 saturated heterocycles. The first kappa shape index (κ1) is 24.7. The van der Waals surface area contributed by atoms with Crippen LogP contribution in [-0.4, -0.2) is 51.2 Å². The molecule has 1 aromatic carbocycles. The number of hydrogen-bond donors (Lipinski definition) is 1. The molecule has 8 heteroatoms. The monoisotopic (exact) mass is 466 g/mol. The quantitative estimate of drug-likeness (QED) is 0.566. The number of rotatable bonds is 10. The van der Waals surface area contributed by atoms with Gasteiger partial charge < -0.3 is 15.4 Å². The summed E-state index contributed by atoms with van der Waals surface area (Å²) >= 11 is 0. The summed E-state index contributed by atoms with van der Waals surface area (Å²) in [4.78, 5) is 15.3. The highest BCUT2D eigenvalue weighted by Gasteiger charge is 2.54. The van der Waals surface area contributed by atoms with E-state index in [1.54, 1.807) is 24.3 Å². The maximum atomic E-state index is 13.2. The Morgan fingerprint density at radius 2 is 1.66 bits per heavy atom. The fourth-order valence-corrected chi connectivity index (χ4v) is 7.14. The van der Waals surface area contributed by atoms with E-state index in [1.807, 2.05) is 18.7 Å². The molecule has 178 valence electrons. The van der Waals surface area contributed by atoms with Crippen molar-refractivity contribution in [3.8, 4) is 5.75 Å². The van der Waals surface area contributed by atoms with Crippen LogP contribution in [0.4, 0.5) is 4.39 Å². The highest BCUT2D eigenvalue weighted by molar-refractivity contribution is 7.91. The SMILES string of the molecule is CCN(CC)C(=O)C12CCC(CS(=O)(=O)c3ccc(OC/C(=C/F)CN)cc3)(CC1)CC2. The predicted octanol–water partition coefficient (Wildman–Crippen LogP) is 3.86. The standard InChI is InChI=1S/C24H35FN2O4S/c1-3-27(4-2)22(28)24-12-9-23(10-13-24,11-14-24)18-32(29,30)21-7-5-20(6-8-21)31-17-19(15-25)16-26/h5-8,15H,3-4,9-14,16-18,26H2,1-2H3/b19-15+. The van der Waals surface area contributed by atoms with E-state index in [0.717, 1.165) is 38.5 Å². The van der Waals surface area contributed by atoms with Crippen LogP contribution in [0, 0.1) is 10.8 Å². The van der Waals surface area contributed by atoms with Crippen molar-refractivity contribution in [3.05, 3.63) is 36.2 Å². The molecule has 1 aromatic rings. The first-order chi connectivity index (χ1) is 15.2. The van der Waals surface area contributed by atoms with E-state index in [4.69, 9.17) is 10.5 Å². The van der Waals surface area contributed by atoms with Gasteiger partial charge in [0.15, 0.2) is 9.84 Å². The molecule has 0 unspecified atom stereocenters. The number of amides is 1. The lowest BCUT2D eigenvalue weighted by molar-refractivity contribution is -0.150. The molecule has 3 saturated carbocycles. The Hall–Kier alpha value is -1.93. The van der Waals surface area contributed by atoms with Crippen molar-refractivity contribution in [2.75, 3.05) is 32.0 Å². The third-order valence-corrected chi connectivity index (χ3v) is 9.41. The van der Waals surface area contributed by atoms with E-state index >= 15 is 0 Å². The summed E-state index contributed by atoms with van der Waals surface area (Å²) in [5, 5.41) is 0. The van der Waals surface area contributed by atoms with E-state index in [2.05, 4.69) is 0 Å².